The second-order valence-corrected chi connectivity index (χ2v) is 4.21. The van der Waals surface area contributed by atoms with Crippen molar-refractivity contribution in [1.82, 2.24) is 5.32 Å². The van der Waals surface area contributed by atoms with Gasteiger partial charge in [0.25, 0.3) is 0 Å². The zero-order chi connectivity index (χ0) is 14.0. The van der Waals surface area contributed by atoms with Crippen LogP contribution in [-0.4, -0.2) is 19.0 Å². The number of carbonyl (C=O) groups excluding carboxylic acids is 1. The maximum Gasteiger partial charge on any atom is 0.416 e. The lowest BCUT2D eigenvalue weighted by Gasteiger charge is -2.26. The number of carbonyl (C=O) groups is 1. The van der Waals surface area contributed by atoms with Crippen molar-refractivity contribution in [3.05, 3.63) is 29.3 Å². The van der Waals surface area contributed by atoms with E-state index in [9.17, 15) is 18.0 Å². The summed E-state index contributed by atoms with van der Waals surface area (Å²) in [6.45, 7) is 1.07. The molecule has 0 bridgehead atoms. The maximum atomic E-state index is 12.5. The average Bonchev–Trinajstić information content (AvgIpc) is 2.25. The van der Waals surface area contributed by atoms with Crippen LogP contribution in [0.25, 0.3) is 0 Å². The second-order valence-electron chi connectivity index (χ2n) is 4.21. The zero-order valence-corrected chi connectivity index (χ0v) is 9.71. The Morgan fingerprint density at radius 3 is 2.58 bits per heavy atom. The van der Waals surface area contributed by atoms with E-state index in [0.29, 0.717) is 13.1 Å². The third-order valence-electron chi connectivity index (χ3n) is 2.88. The van der Waals surface area contributed by atoms with E-state index in [0.717, 1.165) is 18.2 Å². The van der Waals surface area contributed by atoms with Crippen LogP contribution in [0.1, 0.15) is 11.1 Å². The van der Waals surface area contributed by atoms with Gasteiger partial charge in [-0.3, -0.25) is 4.79 Å². The van der Waals surface area contributed by atoms with E-state index in [-0.39, 0.29) is 23.1 Å². The fraction of sp³-hybridized carbons (Fsp3) is 0.333. The van der Waals surface area contributed by atoms with Crippen molar-refractivity contribution >= 4 is 11.6 Å². The molecule has 0 aliphatic carbocycles. The van der Waals surface area contributed by atoms with E-state index in [1.165, 1.54) is 0 Å². The molecule has 1 saturated heterocycles. The van der Waals surface area contributed by atoms with Crippen LogP contribution in [0, 0.1) is 17.2 Å². The summed E-state index contributed by atoms with van der Waals surface area (Å²) in [4.78, 5) is 11.7. The van der Waals surface area contributed by atoms with Crippen LogP contribution in [-0.2, 0) is 11.0 Å². The number of hydrogen-bond donors (Lipinski definition) is 2. The molecule has 1 aliphatic rings. The quantitative estimate of drug-likeness (QED) is 0.859. The Bertz CT molecular complexity index is 544. The van der Waals surface area contributed by atoms with Crippen molar-refractivity contribution in [1.29, 1.82) is 5.26 Å². The van der Waals surface area contributed by atoms with Crippen LogP contribution in [0.2, 0.25) is 0 Å². The maximum absolute atomic E-state index is 12.5. The molecule has 1 aromatic rings. The normalized spacial score (nSPS) is 15.5. The van der Waals surface area contributed by atoms with Crippen molar-refractivity contribution in [3.8, 4) is 6.07 Å². The van der Waals surface area contributed by atoms with Crippen LogP contribution < -0.4 is 10.6 Å². The number of halogens is 3. The number of alkyl halides is 3. The predicted octanol–water partition coefficient (Wildman–Crippen LogP) is 1.73. The van der Waals surface area contributed by atoms with Gasteiger partial charge in [0.1, 0.15) is 6.07 Å². The Hall–Kier alpha value is -2.07. The zero-order valence-electron chi connectivity index (χ0n) is 9.71. The fourth-order valence-electron chi connectivity index (χ4n) is 1.63. The molecule has 0 saturated carbocycles. The van der Waals surface area contributed by atoms with Crippen LogP contribution in [0.3, 0.4) is 0 Å². The lowest BCUT2D eigenvalue weighted by atomic mass is 10.0. The molecule has 19 heavy (non-hydrogen) atoms. The third kappa shape index (κ3) is 2.85. The summed E-state index contributed by atoms with van der Waals surface area (Å²) in [6, 6.07) is 4.33. The Kier molecular flexibility index (Phi) is 3.44. The fourth-order valence-corrected chi connectivity index (χ4v) is 1.63. The molecular weight excluding hydrogens is 259 g/mol. The highest BCUT2D eigenvalue weighted by Gasteiger charge is 2.31. The average molecular weight is 269 g/mol. The second kappa shape index (κ2) is 4.90. The summed E-state index contributed by atoms with van der Waals surface area (Å²) in [7, 11) is 0. The minimum absolute atomic E-state index is 0.104. The topological polar surface area (TPSA) is 64.9 Å². The molecule has 0 radical (unpaired) electrons. The first-order valence-corrected chi connectivity index (χ1v) is 5.54. The number of nitrogens with zero attached hydrogens (tertiary/aromatic N) is 1. The van der Waals surface area contributed by atoms with Crippen molar-refractivity contribution in [2.45, 2.75) is 6.18 Å². The van der Waals surface area contributed by atoms with Crippen LogP contribution in [0.5, 0.6) is 0 Å². The van der Waals surface area contributed by atoms with Crippen molar-refractivity contribution in [2.24, 2.45) is 5.92 Å². The highest BCUT2D eigenvalue weighted by molar-refractivity contribution is 5.94. The molecule has 1 aromatic carbocycles. The van der Waals surface area contributed by atoms with Crippen LogP contribution in [0.15, 0.2) is 18.2 Å². The number of rotatable bonds is 2. The summed E-state index contributed by atoms with van der Waals surface area (Å²) in [5, 5.41) is 14.2. The number of hydrogen-bond acceptors (Lipinski definition) is 3. The van der Waals surface area contributed by atoms with Crippen molar-refractivity contribution < 1.29 is 18.0 Å². The van der Waals surface area contributed by atoms with Crippen molar-refractivity contribution in [2.75, 3.05) is 18.4 Å². The van der Waals surface area contributed by atoms with E-state index in [1.54, 1.807) is 6.07 Å². The minimum Gasteiger partial charge on any atom is -0.325 e. The van der Waals surface area contributed by atoms with E-state index < -0.39 is 11.7 Å². The van der Waals surface area contributed by atoms with Gasteiger partial charge in [-0.15, -0.1) is 0 Å². The third-order valence-corrected chi connectivity index (χ3v) is 2.88. The summed E-state index contributed by atoms with van der Waals surface area (Å²) < 4.78 is 37.5. The number of nitriles is 1. The van der Waals surface area contributed by atoms with Gasteiger partial charge in [-0.05, 0) is 18.2 Å². The molecule has 0 unspecified atom stereocenters. The van der Waals surface area contributed by atoms with Gasteiger partial charge in [0.2, 0.25) is 5.91 Å². The molecule has 2 N–H and O–H groups in total. The number of anilines is 1. The highest BCUT2D eigenvalue weighted by Crippen LogP contribution is 2.31. The van der Waals surface area contributed by atoms with Gasteiger partial charge in [-0.2, -0.15) is 18.4 Å². The van der Waals surface area contributed by atoms with E-state index >= 15 is 0 Å². The molecule has 100 valence electrons. The van der Waals surface area contributed by atoms with Gasteiger partial charge >= 0.3 is 6.18 Å². The molecule has 1 amide bonds. The van der Waals surface area contributed by atoms with E-state index in [4.69, 9.17) is 5.26 Å². The monoisotopic (exact) mass is 269 g/mol. The largest absolute Gasteiger partial charge is 0.416 e. The number of nitrogens with one attached hydrogen (secondary N) is 2. The molecule has 0 spiro atoms. The Labute approximate surface area is 107 Å². The van der Waals surface area contributed by atoms with Crippen LogP contribution >= 0.6 is 0 Å². The Morgan fingerprint density at radius 1 is 1.42 bits per heavy atom. The first-order chi connectivity index (χ1) is 8.91. The molecule has 0 aromatic heterocycles. The lowest BCUT2D eigenvalue weighted by molar-refractivity contribution is -0.137. The van der Waals surface area contributed by atoms with Crippen molar-refractivity contribution in [3.63, 3.8) is 0 Å². The number of amides is 1. The molecule has 7 heteroatoms. The molecule has 0 atom stereocenters. The first-order valence-electron chi connectivity index (χ1n) is 5.54. The molecular formula is C12H10F3N3O. The van der Waals surface area contributed by atoms with E-state index in [2.05, 4.69) is 10.6 Å². The molecule has 1 aliphatic heterocycles. The predicted molar refractivity (Wildman–Crippen MR) is 61.1 cm³/mol. The van der Waals surface area contributed by atoms with E-state index in [1.807, 2.05) is 0 Å². The standard InChI is InChI=1S/C12H10F3N3O/c13-12(14,15)9-1-2-10(7(3-9)4-16)18-11(19)8-5-17-6-8/h1-3,8,17H,5-6H2,(H,18,19). The first kappa shape index (κ1) is 13.4. The van der Waals surface area contributed by atoms with Gasteiger partial charge in [0, 0.05) is 13.1 Å². The Morgan fingerprint density at radius 2 is 2.11 bits per heavy atom. The molecule has 4 nitrogen and oxygen atoms in total. The van der Waals surface area contributed by atoms with Gasteiger partial charge in [-0.25, -0.2) is 0 Å². The number of benzene rings is 1. The lowest BCUT2D eigenvalue weighted by Crippen LogP contribution is -2.48. The van der Waals surface area contributed by atoms with Gasteiger partial charge in [-0.1, -0.05) is 0 Å². The summed E-state index contributed by atoms with van der Waals surface area (Å²) >= 11 is 0. The van der Waals surface area contributed by atoms with Crippen LogP contribution in [0.4, 0.5) is 18.9 Å². The molecule has 1 heterocycles. The summed E-state index contributed by atoms with van der Waals surface area (Å²) in [5.41, 5.74) is -1.00. The van der Waals surface area contributed by atoms with Gasteiger partial charge < -0.3 is 10.6 Å². The summed E-state index contributed by atoms with van der Waals surface area (Å²) in [5.74, 6) is -0.496. The smallest absolute Gasteiger partial charge is 0.325 e. The van der Waals surface area contributed by atoms with Gasteiger partial charge in [0.05, 0.1) is 22.7 Å². The SMILES string of the molecule is N#Cc1cc(C(F)(F)F)ccc1NC(=O)C1CNC1. The molecule has 2 rings (SSSR count). The van der Waals surface area contributed by atoms with Gasteiger partial charge in [0.15, 0.2) is 0 Å². The molecule has 1 fully saturated rings. The highest BCUT2D eigenvalue weighted by atomic mass is 19.4. The minimum atomic E-state index is -4.51. The summed E-state index contributed by atoms with van der Waals surface area (Å²) in [6.07, 6.45) is -4.51. The Balaban J connectivity index is 2.21.